The van der Waals surface area contributed by atoms with Gasteiger partial charge in [0, 0.05) is 56.3 Å². The van der Waals surface area contributed by atoms with Gasteiger partial charge in [-0.2, -0.15) is 4.98 Å². The smallest absolute Gasteiger partial charge is 0.228 e. The molecule has 0 amide bonds. The first-order valence-corrected chi connectivity index (χ1v) is 12.0. The molecule has 1 saturated heterocycles. The van der Waals surface area contributed by atoms with Crippen LogP contribution >= 0.6 is 0 Å². The standard InChI is InChI=1S/C26H28N8O/c1-35-17-20-9-5-12-34(20)26-30-22(18-7-3-2-4-8-18)13-23(32-26)31-24-21-16-33(15-19(21)14-29-24)25-27-10-6-11-28-25/h2-4,6-8,10-11,13,20H,5,9,12,14-17H2,1H3,(H,29,30,31,32)/t20-/m0/s1. The molecule has 178 valence electrons. The molecule has 9 nitrogen and oxygen atoms in total. The van der Waals surface area contributed by atoms with E-state index in [0.29, 0.717) is 13.2 Å². The van der Waals surface area contributed by atoms with Crippen LogP contribution in [0.4, 0.5) is 17.7 Å². The Kier molecular flexibility index (Phi) is 5.83. The Bertz CT molecular complexity index is 1260. The van der Waals surface area contributed by atoms with Crippen molar-refractivity contribution in [2.75, 3.05) is 55.0 Å². The number of aliphatic imine (C=N–C) groups is 1. The van der Waals surface area contributed by atoms with Crippen LogP contribution in [0.25, 0.3) is 11.3 Å². The van der Waals surface area contributed by atoms with Crippen LogP contribution in [0.3, 0.4) is 0 Å². The molecule has 1 atom stereocenters. The summed E-state index contributed by atoms with van der Waals surface area (Å²) in [6.07, 6.45) is 5.75. The van der Waals surface area contributed by atoms with E-state index in [1.807, 2.05) is 30.3 Å². The second-order valence-corrected chi connectivity index (χ2v) is 9.03. The summed E-state index contributed by atoms with van der Waals surface area (Å²) in [7, 11) is 1.75. The highest BCUT2D eigenvalue weighted by Crippen LogP contribution is 2.30. The lowest BCUT2D eigenvalue weighted by Crippen LogP contribution is -2.34. The maximum Gasteiger partial charge on any atom is 0.228 e. The Balaban J connectivity index is 1.29. The zero-order chi connectivity index (χ0) is 23.6. The second-order valence-electron chi connectivity index (χ2n) is 9.03. The van der Waals surface area contributed by atoms with Crippen molar-refractivity contribution in [2.24, 2.45) is 4.99 Å². The molecular formula is C26H28N8O. The molecule has 0 aliphatic carbocycles. The summed E-state index contributed by atoms with van der Waals surface area (Å²) in [6, 6.07) is 14.4. The lowest BCUT2D eigenvalue weighted by atomic mass is 10.1. The van der Waals surface area contributed by atoms with E-state index in [4.69, 9.17) is 19.7 Å². The molecule has 0 bridgehead atoms. The quantitative estimate of drug-likeness (QED) is 0.590. The van der Waals surface area contributed by atoms with E-state index in [2.05, 4.69) is 37.2 Å². The third kappa shape index (κ3) is 4.35. The van der Waals surface area contributed by atoms with Crippen LogP contribution in [-0.4, -0.2) is 71.7 Å². The number of amidine groups is 1. The topological polar surface area (TPSA) is 91.7 Å². The molecule has 1 N–H and O–H groups in total. The zero-order valence-electron chi connectivity index (χ0n) is 19.8. The molecule has 0 unspecified atom stereocenters. The van der Waals surface area contributed by atoms with Crippen molar-refractivity contribution in [1.29, 1.82) is 0 Å². The minimum atomic E-state index is 0.284. The normalized spacial score (nSPS) is 19.3. The summed E-state index contributed by atoms with van der Waals surface area (Å²) in [4.78, 5) is 28.0. The highest BCUT2D eigenvalue weighted by molar-refractivity contribution is 6.11. The summed E-state index contributed by atoms with van der Waals surface area (Å²) in [6.45, 7) is 3.81. The monoisotopic (exact) mass is 468 g/mol. The first-order valence-electron chi connectivity index (χ1n) is 12.0. The number of aromatic nitrogens is 4. The molecule has 9 heteroatoms. The van der Waals surface area contributed by atoms with E-state index in [-0.39, 0.29) is 6.04 Å². The Morgan fingerprint density at radius 2 is 1.89 bits per heavy atom. The number of hydrogen-bond acceptors (Lipinski definition) is 9. The first-order chi connectivity index (χ1) is 17.3. The predicted molar refractivity (Wildman–Crippen MR) is 137 cm³/mol. The fraction of sp³-hybridized carbons (Fsp3) is 0.346. The fourth-order valence-electron chi connectivity index (χ4n) is 5.02. The Hall–Kier alpha value is -3.85. The van der Waals surface area contributed by atoms with Crippen LogP contribution in [0.2, 0.25) is 0 Å². The minimum Gasteiger partial charge on any atom is -0.383 e. The maximum absolute atomic E-state index is 5.47. The average molecular weight is 469 g/mol. The summed E-state index contributed by atoms with van der Waals surface area (Å²) >= 11 is 0. The van der Waals surface area contributed by atoms with Gasteiger partial charge >= 0.3 is 0 Å². The largest absolute Gasteiger partial charge is 0.383 e. The van der Waals surface area contributed by atoms with Crippen LogP contribution < -0.4 is 15.1 Å². The van der Waals surface area contributed by atoms with Gasteiger partial charge in [0.2, 0.25) is 11.9 Å². The van der Waals surface area contributed by atoms with Crippen LogP contribution in [0.1, 0.15) is 12.8 Å². The number of nitrogens with one attached hydrogen (secondary N) is 1. The Labute approximate surface area is 204 Å². The van der Waals surface area contributed by atoms with E-state index in [9.17, 15) is 0 Å². The first kappa shape index (κ1) is 21.7. The zero-order valence-corrected chi connectivity index (χ0v) is 19.8. The molecule has 3 aliphatic rings. The highest BCUT2D eigenvalue weighted by Gasteiger charge is 2.31. The predicted octanol–water partition coefficient (Wildman–Crippen LogP) is 3.19. The second kappa shape index (κ2) is 9.42. The van der Waals surface area contributed by atoms with Gasteiger partial charge in [0.05, 0.1) is 24.9 Å². The molecule has 6 rings (SSSR count). The van der Waals surface area contributed by atoms with E-state index in [1.54, 1.807) is 19.5 Å². The number of nitrogens with zero attached hydrogens (tertiary/aromatic N) is 7. The van der Waals surface area contributed by atoms with Gasteiger partial charge in [0.25, 0.3) is 0 Å². The molecular weight excluding hydrogens is 440 g/mol. The molecule has 0 saturated carbocycles. The summed E-state index contributed by atoms with van der Waals surface area (Å²) in [5, 5.41) is 3.52. The van der Waals surface area contributed by atoms with Crippen LogP contribution in [0.5, 0.6) is 0 Å². The summed E-state index contributed by atoms with van der Waals surface area (Å²) in [5.41, 5.74) is 4.46. The fourth-order valence-corrected chi connectivity index (χ4v) is 5.02. The van der Waals surface area contributed by atoms with E-state index in [0.717, 1.165) is 67.3 Å². The number of ether oxygens (including phenoxy) is 1. The van der Waals surface area contributed by atoms with Crippen molar-refractivity contribution in [3.8, 4) is 11.3 Å². The van der Waals surface area contributed by atoms with Crippen molar-refractivity contribution in [2.45, 2.75) is 18.9 Å². The van der Waals surface area contributed by atoms with Gasteiger partial charge in [-0.15, -0.1) is 0 Å². The molecule has 0 radical (unpaired) electrons. The summed E-state index contributed by atoms with van der Waals surface area (Å²) in [5.74, 6) is 3.10. The van der Waals surface area contributed by atoms with Gasteiger partial charge in [-0.25, -0.2) is 15.0 Å². The number of methoxy groups -OCH3 is 1. The van der Waals surface area contributed by atoms with Gasteiger partial charge in [0.15, 0.2) is 0 Å². The van der Waals surface area contributed by atoms with E-state index in [1.165, 1.54) is 11.1 Å². The molecule has 0 spiro atoms. The van der Waals surface area contributed by atoms with E-state index >= 15 is 0 Å². The van der Waals surface area contributed by atoms with Gasteiger partial charge in [-0.1, -0.05) is 30.3 Å². The molecule has 1 aromatic carbocycles. The van der Waals surface area contributed by atoms with Crippen molar-refractivity contribution in [3.63, 3.8) is 0 Å². The van der Waals surface area contributed by atoms with Gasteiger partial charge < -0.3 is 19.9 Å². The molecule has 1 fully saturated rings. The Morgan fingerprint density at radius 3 is 2.71 bits per heavy atom. The van der Waals surface area contributed by atoms with Gasteiger partial charge in [-0.3, -0.25) is 4.99 Å². The lowest BCUT2D eigenvalue weighted by Gasteiger charge is -2.25. The van der Waals surface area contributed by atoms with Gasteiger partial charge in [0.1, 0.15) is 11.7 Å². The molecule has 2 aromatic heterocycles. The molecule has 5 heterocycles. The Morgan fingerprint density at radius 1 is 1.03 bits per heavy atom. The van der Waals surface area contributed by atoms with Crippen molar-refractivity contribution in [3.05, 3.63) is 66.0 Å². The number of hydrogen-bond donors (Lipinski definition) is 1. The number of benzene rings is 1. The molecule has 35 heavy (non-hydrogen) atoms. The molecule has 3 aliphatic heterocycles. The molecule has 3 aromatic rings. The van der Waals surface area contributed by atoms with Crippen LogP contribution in [0.15, 0.2) is 71.0 Å². The number of anilines is 3. The van der Waals surface area contributed by atoms with Crippen LogP contribution in [-0.2, 0) is 4.74 Å². The van der Waals surface area contributed by atoms with Crippen molar-refractivity contribution in [1.82, 2.24) is 19.9 Å². The SMILES string of the molecule is COC[C@@H]1CCCN1c1nc(NC2=NCC3=C2CN(c2ncccn2)C3)cc(-c2ccccc2)n1. The third-order valence-electron chi connectivity index (χ3n) is 6.73. The minimum absolute atomic E-state index is 0.284. The lowest BCUT2D eigenvalue weighted by molar-refractivity contribution is 0.180. The van der Waals surface area contributed by atoms with Crippen molar-refractivity contribution >= 4 is 23.6 Å². The highest BCUT2D eigenvalue weighted by atomic mass is 16.5. The number of rotatable bonds is 6. The van der Waals surface area contributed by atoms with Crippen LogP contribution in [0, 0.1) is 0 Å². The maximum atomic E-state index is 5.47. The average Bonchev–Trinajstić information content (AvgIpc) is 3.63. The van der Waals surface area contributed by atoms with Gasteiger partial charge in [-0.05, 0) is 24.5 Å². The van der Waals surface area contributed by atoms with E-state index < -0.39 is 0 Å². The van der Waals surface area contributed by atoms with Crippen molar-refractivity contribution < 1.29 is 4.74 Å². The third-order valence-corrected chi connectivity index (χ3v) is 6.73. The summed E-state index contributed by atoms with van der Waals surface area (Å²) < 4.78 is 5.47.